The Kier molecular flexibility index (Phi) is 2.88. The van der Waals surface area contributed by atoms with Crippen molar-refractivity contribution in [3.8, 4) is 0 Å². The van der Waals surface area contributed by atoms with E-state index in [1.54, 1.807) is 18.6 Å². The van der Waals surface area contributed by atoms with Gasteiger partial charge in [-0.3, -0.25) is 4.98 Å². The molecule has 0 unspecified atom stereocenters. The lowest BCUT2D eigenvalue weighted by atomic mass is 10.1. The zero-order valence-electron chi connectivity index (χ0n) is 10.3. The summed E-state index contributed by atoms with van der Waals surface area (Å²) in [4.78, 5) is 19.6. The number of hydrogen-bond acceptors (Lipinski definition) is 5. The van der Waals surface area contributed by atoms with E-state index >= 15 is 0 Å². The summed E-state index contributed by atoms with van der Waals surface area (Å²) in [6, 6.07) is 1.93. The first-order valence-electron chi connectivity index (χ1n) is 6.13. The molecular formula is C13H15N5. The average Bonchev–Trinajstić information content (AvgIpc) is 2.89. The molecule has 0 aliphatic carbocycles. The zero-order chi connectivity index (χ0) is 12.4. The molecule has 1 aliphatic rings. The van der Waals surface area contributed by atoms with Crippen LogP contribution in [0.4, 0.5) is 5.82 Å². The van der Waals surface area contributed by atoms with E-state index < -0.39 is 0 Å². The molecule has 92 valence electrons. The molecule has 1 aliphatic heterocycles. The first kappa shape index (κ1) is 11.1. The second-order valence-electron chi connectivity index (χ2n) is 4.55. The van der Waals surface area contributed by atoms with Gasteiger partial charge in [-0.15, -0.1) is 0 Å². The summed E-state index contributed by atoms with van der Waals surface area (Å²) in [7, 11) is 0. The van der Waals surface area contributed by atoms with Gasteiger partial charge in [-0.2, -0.15) is 0 Å². The molecule has 1 fully saturated rings. The van der Waals surface area contributed by atoms with Gasteiger partial charge in [0.2, 0.25) is 0 Å². The van der Waals surface area contributed by atoms with Gasteiger partial charge >= 0.3 is 0 Å². The Hall–Kier alpha value is -2.04. The van der Waals surface area contributed by atoms with Gasteiger partial charge in [0, 0.05) is 43.3 Å². The third kappa shape index (κ3) is 2.16. The van der Waals surface area contributed by atoms with E-state index in [-0.39, 0.29) is 0 Å². The highest BCUT2D eigenvalue weighted by atomic mass is 15.2. The topological polar surface area (TPSA) is 54.8 Å². The maximum atomic E-state index is 4.51. The van der Waals surface area contributed by atoms with E-state index in [1.165, 1.54) is 0 Å². The summed E-state index contributed by atoms with van der Waals surface area (Å²) in [5.41, 5.74) is 1.03. The van der Waals surface area contributed by atoms with Crippen LogP contribution in [0.3, 0.4) is 0 Å². The van der Waals surface area contributed by atoms with Crippen molar-refractivity contribution in [3.63, 3.8) is 0 Å². The second kappa shape index (κ2) is 4.68. The number of hydrogen-bond donors (Lipinski definition) is 0. The molecule has 3 heterocycles. The third-order valence-electron chi connectivity index (χ3n) is 3.24. The van der Waals surface area contributed by atoms with Gasteiger partial charge in [0.1, 0.15) is 11.6 Å². The van der Waals surface area contributed by atoms with Crippen molar-refractivity contribution in [1.29, 1.82) is 0 Å². The van der Waals surface area contributed by atoms with E-state index in [4.69, 9.17) is 0 Å². The molecule has 5 heteroatoms. The standard InChI is InChI=1S/C13H15N5/c1-10-2-4-16-13(17-10)11-3-7-18(9-11)12-8-14-5-6-15-12/h2,4-6,8,11H,3,7,9H2,1H3/t11-/m0/s1. The Balaban J connectivity index is 1.76. The van der Waals surface area contributed by atoms with Crippen LogP contribution in [0, 0.1) is 6.92 Å². The van der Waals surface area contributed by atoms with Crippen LogP contribution < -0.4 is 4.90 Å². The van der Waals surface area contributed by atoms with Crippen LogP contribution in [0.5, 0.6) is 0 Å². The normalized spacial score (nSPS) is 19.2. The van der Waals surface area contributed by atoms with Crippen LogP contribution >= 0.6 is 0 Å². The van der Waals surface area contributed by atoms with Gasteiger partial charge in [0.05, 0.1) is 6.20 Å². The van der Waals surface area contributed by atoms with E-state index in [0.29, 0.717) is 5.92 Å². The zero-order valence-corrected chi connectivity index (χ0v) is 10.3. The third-order valence-corrected chi connectivity index (χ3v) is 3.24. The highest BCUT2D eigenvalue weighted by molar-refractivity contribution is 5.37. The Morgan fingerprint density at radius 1 is 1.22 bits per heavy atom. The average molecular weight is 241 g/mol. The van der Waals surface area contributed by atoms with E-state index in [2.05, 4.69) is 24.8 Å². The lowest BCUT2D eigenvalue weighted by molar-refractivity contribution is 0.703. The van der Waals surface area contributed by atoms with E-state index in [9.17, 15) is 0 Å². The summed E-state index contributed by atoms with van der Waals surface area (Å²) in [6.07, 6.45) is 8.13. The summed E-state index contributed by atoms with van der Waals surface area (Å²) in [6.45, 7) is 3.91. The SMILES string of the molecule is Cc1ccnc([C@H]2CCN(c3cnccn3)C2)n1. The monoisotopic (exact) mass is 241 g/mol. The minimum atomic E-state index is 0.395. The lowest BCUT2D eigenvalue weighted by Crippen LogP contribution is -2.20. The highest BCUT2D eigenvalue weighted by Gasteiger charge is 2.26. The Labute approximate surface area is 106 Å². The summed E-state index contributed by atoms with van der Waals surface area (Å²) < 4.78 is 0. The predicted octanol–water partition coefficient (Wildman–Crippen LogP) is 1.57. The second-order valence-corrected chi connectivity index (χ2v) is 4.55. The Morgan fingerprint density at radius 3 is 2.94 bits per heavy atom. The number of anilines is 1. The summed E-state index contributed by atoms with van der Waals surface area (Å²) in [5, 5.41) is 0. The number of rotatable bonds is 2. The largest absolute Gasteiger partial charge is 0.355 e. The molecule has 0 radical (unpaired) electrons. The Bertz CT molecular complexity index is 528. The van der Waals surface area contributed by atoms with Crippen LogP contribution in [-0.4, -0.2) is 33.0 Å². The van der Waals surface area contributed by atoms with Crippen LogP contribution in [0.2, 0.25) is 0 Å². The molecule has 0 N–H and O–H groups in total. The van der Waals surface area contributed by atoms with Crippen LogP contribution in [0.15, 0.2) is 30.9 Å². The fourth-order valence-corrected chi connectivity index (χ4v) is 2.30. The molecular weight excluding hydrogens is 226 g/mol. The fourth-order valence-electron chi connectivity index (χ4n) is 2.30. The summed E-state index contributed by atoms with van der Waals surface area (Å²) in [5.74, 6) is 2.28. The van der Waals surface area contributed by atoms with Crippen LogP contribution in [0.25, 0.3) is 0 Å². The van der Waals surface area contributed by atoms with Gasteiger partial charge in [-0.05, 0) is 19.4 Å². The van der Waals surface area contributed by atoms with Crippen molar-refractivity contribution < 1.29 is 0 Å². The lowest BCUT2D eigenvalue weighted by Gasteiger charge is -2.16. The molecule has 0 bridgehead atoms. The van der Waals surface area contributed by atoms with Crippen molar-refractivity contribution in [2.24, 2.45) is 0 Å². The van der Waals surface area contributed by atoms with Gasteiger partial charge in [0.25, 0.3) is 0 Å². The Morgan fingerprint density at radius 2 is 2.17 bits per heavy atom. The van der Waals surface area contributed by atoms with Crippen molar-refractivity contribution in [2.75, 3.05) is 18.0 Å². The maximum absolute atomic E-state index is 4.51. The molecule has 0 amide bonds. The quantitative estimate of drug-likeness (QED) is 0.798. The van der Waals surface area contributed by atoms with Crippen molar-refractivity contribution in [2.45, 2.75) is 19.3 Å². The van der Waals surface area contributed by atoms with Gasteiger partial charge < -0.3 is 4.90 Å². The van der Waals surface area contributed by atoms with Crippen molar-refractivity contribution in [3.05, 3.63) is 42.4 Å². The van der Waals surface area contributed by atoms with Crippen LogP contribution in [-0.2, 0) is 0 Å². The first-order valence-corrected chi connectivity index (χ1v) is 6.13. The molecule has 5 nitrogen and oxygen atoms in total. The van der Waals surface area contributed by atoms with Gasteiger partial charge in [0.15, 0.2) is 0 Å². The van der Waals surface area contributed by atoms with E-state index in [1.807, 2.05) is 19.2 Å². The highest BCUT2D eigenvalue weighted by Crippen LogP contribution is 2.27. The van der Waals surface area contributed by atoms with E-state index in [0.717, 1.165) is 36.8 Å². The first-order chi connectivity index (χ1) is 8.83. The molecule has 18 heavy (non-hydrogen) atoms. The maximum Gasteiger partial charge on any atom is 0.147 e. The van der Waals surface area contributed by atoms with Crippen molar-refractivity contribution >= 4 is 5.82 Å². The molecule has 0 spiro atoms. The molecule has 1 atom stereocenters. The summed E-state index contributed by atoms with van der Waals surface area (Å²) >= 11 is 0. The van der Waals surface area contributed by atoms with Gasteiger partial charge in [-0.1, -0.05) is 0 Å². The van der Waals surface area contributed by atoms with Crippen molar-refractivity contribution in [1.82, 2.24) is 19.9 Å². The number of nitrogens with zero attached hydrogens (tertiary/aromatic N) is 5. The molecule has 2 aromatic heterocycles. The van der Waals surface area contributed by atoms with Crippen LogP contribution in [0.1, 0.15) is 23.9 Å². The van der Waals surface area contributed by atoms with Gasteiger partial charge in [-0.25, -0.2) is 15.0 Å². The molecule has 3 rings (SSSR count). The molecule has 0 saturated carbocycles. The molecule has 1 saturated heterocycles. The predicted molar refractivity (Wildman–Crippen MR) is 68.4 cm³/mol. The fraction of sp³-hybridized carbons (Fsp3) is 0.385. The molecule has 0 aromatic carbocycles. The minimum absolute atomic E-state index is 0.395. The number of aromatic nitrogens is 4. The molecule has 2 aromatic rings. The minimum Gasteiger partial charge on any atom is -0.355 e. The number of aryl methyl sites for hydroxylation is 1. The smallest absolute Gasteiger partial charge is 0.147 e.